The summed E-state index contributed by atoms with van der Waals surface area (Å²) in [6, 6.07) is 17.8. The van der Waals surface area contributed by atoms with Crippen LogP contribution >= 0.6 is 0 Å². The Balaban J connectivity index is 1.24. The molecule has 0 aromatic heterocycles. The van der Waals surface area contributed by atoms with Crippen molar-refractivity contribution in [2.75, 3.05) is 31.5 Å². The maximum absolute atomic E-state index is 12.7. The third kappa shape index (κ3) is 6.07. The number of nitrogens with zero attached hydrogens (tertiary/aromatic N) is 2. The van der Waals surface area contributed by atoms with Gasteiger partial charge in [-0.05, 0) is 62.0 Å². The summed E-state index contributed by atoms with van der Waals surface area (Å²) in [5.74, 6) is -0.136. The smallest absolute Gasteiger partial charge is 0.321 e. The van der Waals surface area contributed by atoms with Crippen LogP contribution in [-0.2, 0) is 17.9 Å². The minimum atomic E-state index is -0.162. The quantitative estimate of drug-likeness (QED) is 0.746. The standard InChI is InChI=1S/C25H32N4O2/c30-24(26-17-20-10-12-21(13-11-20)18-28-14-4-5-15-28)22-7-6-16-29(19-22)25(31)27-23-8-2-1-3-9-23/h1-3,8-13,22H,4-7,14-19H2,(H,26,30)(H,27,31)/t22-/m1/s1. The van der Waals surface area contributed by atoms with E-state index in [-0.39, 0.29) is 17.9 Å². The van der Waals surface area contributed by atoms with Gasteiger partial charge in [-0.2, -0.15) is 0 Å². The van der Waals surface area contributed by atoms with Crippen LogP contribution in [0.3, 0.4) is 0 Å². The maximum Gasteiger partial charge on any atom is 0.321 e. The molecular weight excluding hydrogens is 388 g/mol. The Kier molecular flexibility index (Phi) is 7.20. The van der Waals surface area contributed by atoms with Crippen molar-refractivity contribution in [3.8, 4) is 0 Å². The molecule has 2 aromatic carbocycles. The van der Waals surface area contributed by atoms with Crippen molar-refractivity contribution in [2.24, 2.45) is 5.92 Å². The van der Waals surface area contributed by atoms with Gasteiger partial charge in [0.2, 0.25) is 5.91 Å². The van der Waals surface area contributed by atoms with Gasteiger partial charge in [-0.3, -0.25) is 9.69 Å². The summed E-state index contributed by atoms with van der Waals surface area (Å²) >= 11 is 0. The van der Waals surface area contributed by atoms with E-state index in [1.54, 1.807) is 4.90 Å². The van der Waals surface area contributed by atoms with E-state index in [1.807, 2.05) is 30.3 Å². The molecule has 0 bridgehead atoms. The van der Waals surface area contributed by atoms with E-state index < -0.39 is 0 Å². The molecule has 2 fully saturated rings. The van der Waals surface area contributed by atoms with Crippen molar-refractivity contribution in [3.63, 3.8) is 0 Å². The highest BCUT2D eigenvalue weighted by Crippen LogP contribution is 2.19. The fraction of sp³-hybridized carbons (Fsp3) is 0.440. The van der Waals surface area contributed by atoms with Crippen LogP contribution in [0.25, 0.3) is 0 Å². The number of hydrogen-bond donors (Lipinski definition) is 2. The molecule has 2 N–H and O–H groups in total. The van der Waals surface area contributed by atoms with Crippen molar-refractivity contribution in [2.45, 2.75) is 38.8 Å². The Morgan fingerprint density at radius 1 is 0.871 bits per heavy atom. The number of para-hydroxylation sites is 1. The first-order valence-corrected chi connectivity index (χ1v) is 11.4. The zero-order valence-corrected chi connectivity index (χ0v) is 18.1. The minimum Gasteiger partial charge on any atom is -0.352 e. The fourth-order valence-corrected chi connectivity index (χ4v) is 4.39. The number of amides is 3. The van der Waals surface area contributed by atoms with Crippen LogP contribution in [0.5, 0.6) is 0 Å². The second-order valence-corrected chi connectivity index (χ2v) is 8.60. The van der Waals surface area contributed by atoms with Crippen molar-refractivity contribution < 1.29 is 9.59 Å². The number of benzene rings is 2. The third-order valence-electron chi connectivity index (χ3n) is 6.20. The SMILES string of the molecule is O=C(NCc1ccc(CN2CCCC2)cc1)[C@@H]1CCCN(C(=O)Nc2ccccc2)C1. The van der Waals surface area contributed by atoms with Gasteiger partial charge in [0.05, 0.1) is 5.92 Å². The molecule has 0 aliphatic carbocycles. The molecule has 2 saturated heterocycles. The Morgan fingerprint density at radius 3 is 2.32 bits per heavy atom. The van der Waals surface area contributed by atoms with Gasteiger partial charge < -0.3 is 15.5 Å². The van der Waals surface area contributed by atoms with Crippen LogP contribution < -0.4 is 10.6 Å². The van der Waals surface area contributed by atoms with Crippen molar-refractivity contribution in [1.82, 2.24) is 15.1 Å². The molecule has 0 unspecified atom stereocenters. The highest BCUT2D eigenvalue weighted by molar-refractivity contribution is 5.90. The topological polar surface area (TPSA) is 64.7 Å². The average Bonchev–Trinajstić information content (AvgIpc) is 3.32. The lowest BCUT2D eigenvalue weighted by atomic mass is 9.97. The zero-order valence-electron chi connectivity index (χ0n) is 18.1. The van der Waals surface area contributed by atoms with E-state index in [0.29, 0.717) is 19.6 Å². The Bertz CT molecular complexity index is 863. The Morgan fingerprint density at radius 2 is 1.58 bits per heavy atom. The average molecular weight is 421 g/mol. The van der Waals surface area contributed by atoms with E-state index in [1.165, 1.54) is 31.5 Å². The van der Waals surface area contributed by atoms with Gasteiger partial charge in [0.1, 0.15) is 0 Å². The van der Waals surface area contributed by atoms with Crippen LogP contribution in [0.4, 0.5) is 10.5 Å². The molecule has 6 nitrogen and oxygen atoms in total. The number of rotatable bonds is 6. The van der Waals surface area contributed by atoms with E-state index in [0.717, 1.165) is 30.6 Å². The highest BCUT2D eigenvalue weighted by Gasteiger charge is 2.28. The van der Waals surface area contributed by atoms with Crippen LogP contribution in [-0.4, -0.2) is 47.9 Å². The van der Waals surface area contributed by atoms with Crippen LogP contribution in [0.1, 0.15) is 36.8 Å². The molecule has 164 valence electrons. The number of anilines is 1. The Hall–Kier alpha value is -2.86. The van der Waals surface area contributed by atoms with Crippen molar-refractivity contribution in [1.29, 1.82) is 0 Å². The summed E-state index contributed by atoms with van der Waals surface area (Å²) in [4.78, 5) is 29.5. The van der Waals surface area contributed by atoms with Crippen molar-refractivity contribution in [3.05, 3.63) is 65.7 Å². The fourth-order valence-electron chi connectivity index (χ4n) is 4.39. The predicted molar refractivity (Wildman–Crippen MR) is 123 cm³/mol. The highest BCUT2D eigenvalue weighted by atomic mass is 16.2. The largest absolute Gasteiger partial charge is 0.352 e. The summed E-state index contributed by atoms with van der Waals surface area (Å²) < 4.78 is 0. The lowest BCUT2D eigenvalue weighted by Crippen LogP contribution is -2.46. The molecule has 2 heterocycles. The molecule has 2 aliphatic rings. The van der Waals surface area contributed by atoms with Crippen LogP contribution in [0.2, 0.25) is 0 Å². The lowest BCUT2D eigenvalue weighted by molar-refractivity contribution is -0.126. The summed E-state index contributed by atoms with van der Waals surface area (Å²) in [6.45, 7) is 5.06. The molecule has 31 heavy (non-hydrogen) atoms. The van der Waals surface area contributed by atoms with Gasteiger partial charge >= 0.3 is 6.03 Å². The number of piperidine rings is 1. The molecule has 2 aromatic rings. The molecule has 0 radical (unpaired) electrons. The lowest BCUT2D eigenvalue weighted by Gasteiger charge is -2.32. The molecular formula is C25H32N4O2. The predicted octanol–water partition coefficient (Wildman–Crippen LogP) is 3.84. The number of carbonyl (C=O) groups is 2. The van der Waals surface area contributed by atoms with Gasteiger partial charge in [0.15, 0.2) is 0 Å². The number of likely N-dealkylation sites (tertiary alicyclic amines) is 2. The second kappa shape index (κ2) is 10.4. The van der Waals surface area contributed by atoms with Crippen LogP contribution in [0.15, 0.2) is 54.6 Å². The number of nitrogens with one attached hydrogen (secondary N) is 2. The number of urea groups is 1. The molecule has 3 amide bonds. The molecule has 0 saturated carbocycles. The third-order valence-corrected chi connectivity index (χ3v) is 6.20. The molecule has 0 spiro atoms. The van der Waals surface area contributed by atoms with E-state index in [4.69, 9.17) is 0 Å². The first-order chi connectivity index (χ1) is 15.2. The second-order valence-electron chi connectivity index (χ2n) is 8.60. The first-order valence-electron chi connectivity index (χ1n) is 11.4. The van der Waals surface area contributed by atoms with Gasteiger partial charge in [0.25, 0.3) is 0 Å². The summed E-state index contributed by atoms with van der Waals surface area (Å²) in [7, 11) is 0. The number of carbonyl (C=O) groups excluding carboxylic acids is 2. The molecule has 1 atom stereocenters. The van der Waals surface area contributed by atoms with Gasteiger partial charge in [-0.25, -0.2) is 4.79 Å². The van der Waals surface area contributed by atoms with Crippen LogP contribution in [0, 0.1) is 5.92 Å². The first kappa shape index (κ1) is 21.4. The van der Waals surface area contributed by atoms with E-state index >= 15 is 0 Å². The summed E-state index contributed by atoms with van der Waals surface area (Å²) in [5, 5.41) is 5.97. The minimum absolute atomic E-state index is 0.0263. The molecule has 4 rings (SSSR count). The number of hydrogen-bond acceptors (Lipinski definition) is 3. The monoisotopic (exact) mass is 420 g/mol. The molecule has 6 heteroatoms. The summed E-state index contributed by atoms with van der Waals surface area (Å²) in [6.07, 6.45) is 4.26. The van der Waals surface area contributed by atoms with Crippen molar-refractivity contribution >= 4 is 17.6 Å². The van der Waals surface area contributed by atoms with Gasteiger partial charge in [0, 0.05) is 31.9 Å². The van der Waals surface area contributed by atoms with E-state index in [2.05, 4.69) is 39.8 Å². The van der Waals surface area contributed by atoms with Gasteiger partial charge in [-0.1, -0.05) is 42.5 Å². The Labute approximate surface area is 184 Å². The normalized spacial score (nSPS) is 19.2. The summed E-state index contributed by atoms with van der Waals surface area (Å²) in [5.41, 5.74) is 3.20. The zero-order chi connectivity index (χ0) is 21.5. The molecule has 2 aliphatic heterocycles. The maximum atomic E-state index is 12.7. The van der Waals surface area contributed by atoms with E-state index in [9.17, 15) is 9.59 Å². The van der Waals surface area contributed by atoms with Gasteiger partial charge in [-0.15, -0.1) is 0 Å².